The van der Waals surface area contributed by atoms with Gasteiger partial charge in [0.05, 0.1) is 11.7 Å². The van der Waals surface area contributed by atoms with Crippen LogP contribution < -0.4 is 4.74 Å². The lowest BCUT2D eigenvalue weighted by molar-refractivity contribution is 0.198. The Labute approximate surface area is 140 Å². The van der Waals surface area contributed by atoms with Crippen LogP contribution in [0.2, 0.25) is 5.02 Å². The van der Waals surface area contributed by atoms with Crippen molar-refractivity contribution in [2.75, 3.05) is 13.1 Å². The van der Waals surface area contributed by atoms with Gasteiger partial charge in [-0.05, 0) is 42.3 Å². The summed E-state index contributed by atoms with van der Waals surface area (Å²) in [6.07, 6.45) is 3.12. The van der Waals surface area contributed by atoms with Gasteiger partial charge in [-0.15, -0.1) is 0 Å². The van der Waals surface area contributed by atoms with E-state index < -0.39 is 0 Å². The van der Waals surface area contributed by atoms with Gasteiger partial charge in [0, 0.05) is 30.0 Å². The summed E-state index contributed by atoms with van der Waals surface area (Å²) < 4.78 is 6.14. The van der Waals surface area contributed by atoms with E-state index in [-0.39, 0.29) is 6.10 Å². The molecule has 1 saturated heterocycles. The molecule has 0 radical (unpaired) electrons. The lowest BCUT2D eigenvalue weighted by atomic mass is 10.2. The minimum Gasteiger partial charge on any atom is -0.489 e. The summed E-state index contributed by atoms with van der Waals surface area (Å²) in [5.41, 5.74) is 2.32. The van der Waals surface area contributed by atoms with E-state index in [1.165, 1.54) is 5.56 Å². The van der Waals surface area contributed by atoms with Crippen molar-refractivity contribution in [1.29, 1.82) is 0 Å². The molecule has 2 aromatic carbocycles. The van der Waals surface area contributed by atoms with Crippen LogP contribution in [0.1, 0.15) is 12.0 Å². The number of H-pyrrole nitrogens is 1. The maximum Gasteiger partial charge on any atom is 0.120 e. The quantitative estimate of drug-likeness (QED) is 0.791. The van der Waals surface area contributed by atoms with Gasteiger partial charge >= 0.3 is 0 Å². The molecule has 3 aromatic rings. The van der Waals surface area contributed by atoms with Gasteiger partial charge < -0.3 is 4.74 Å². The third-order valence-corrected chi connectivity index (χ3v) is 4.51. The van der Waals surface area contributed by atoms with Crippen molar-refractivity contribution in [3.8, 4) is 5.75 Å². The van der Waals surface area contributed by atoms with E-state index in [0.29, 0.717) is 0 Å². The number of aromatic nitrogens is 2. The Morgan fingerprint density at radius 3 is 2.96 bits per heavy atom. The zero-order valence-corrected chi connectivity index (χ0v) is 13.5. The molecule has 4 nitrogen and oxygen atoms in total. The highest BCUT2D eigenvalue weighted by atomic mass is 35.5. The standard InChI is InChI=1S/C18H18ClN3O/c19-15-3-1-13(2-4-15)11-22-8-7-17(12-22)23-16-5-6-18-14(9-16)10-20-21-18/h1-6,9-10,17H,7-8,11-12H2,(H,20,21). The Kier molecular flexibility index (Phi) is 3.93. The molecule has 1 aliphatic heterocycles. The van der Waals surface area contributed by atoms with Gasteiger partial charge in [0.15, 0.2) is 0 Å². The molecule has 0 spiro atoms. The molecule has 0 bridgehead atoms. The summed E-state index contributed by atoms with van der Waals surface area (Å²) in [5.74, 6) is 0.914. The third kappa shape index (κ3) is 3.33. The number of nitrogens with zero attached hydrogens (tertiary/aromatic N) is 2. The summed E-state index contributed by atoms with van der Waals surface area (Å²) in [6.45, 7) is 2.95. The first-order valence-corrected chi connectivity index (χ1v) is 8.21. The fourth-order valence-electron chi connectivity index (χ4n) is 3.07. The monoisotopic (exact) mass is 327 g/mol. The van der Waals surface area contributed by atoms with Crippen LogP contribution in [0.5, 0.6) is 5.75 Å². The predicted molar refractivity (Wildman–Crippen MR) is 91.9 cm³/mol. The lowest BCUT2D eigenvalue weighted by Crippen LogP contribution is -2.24. The smallest absolute Gasteiger partial charge is 0.120 e. The number of fused-ring (bicyclic) bond motifs is 1. The highest BCUT2D eigenvalue weighted by Crippen LogP contribution is 2.23. The zero-order valence-electron chi connectivity index (χ0n) is 12.7. The Morgan fingerprint density at radius 1 is 1.22 bits per heavy atom. The summed E-state index contributed by atoms with van der Waals surface area (Å²) in [5, 5.41) is 8.86. The maximum absolute atomic E-state index is 6.14. The Morgan fingerprint density at radius 2 is 2.09 bits per heavy atom. The largest absolute Gasteiger partial charge is 0.489 e. The zero-order chi connectivity index (χ0) is 15.6. The van der Waals surface area contributed by atoms with E-state index in [0.717, 1.165) is 47.7 Å². The Balaban J connectivity index is 1.37. The highest BCUT2D eigenvalue weighted by molar-refractivity contribution is 6.30. The summed E-state index contributed by atoms with van der Waals surface area (Å²) in [7, 11) is 0. The van der Waals surface area contributed by atoms with Crippen LogP contribution in [-0.4, -0.2) is 34.3 Å². The fraction of sp³-hybridized carbons (Fsp3) is 0.278. The molecule has 5 heteroatoms. The van der Waals surface area contributed by atoms with Crippen molar-refractivity contribution >= 4 is 22.5 Å². The van der Waals surface area contributed by atoms with Gasteiger partial charge in [-0.25, -0.2) is 0 Å². The molecule has 1 aromatic heterocycles. The van der Waals surface area contributed by atoms with Crippen molar-refractivity contribution in [2.24, 2.45) is 0 Å². The summed E-state index contributed by atoms with van der Waals surface area (Å²) in [6, 6.07) is 14.1. The molecule has 1 atom stereocenters. The van der Waals surface area contributed by atoms with Crippen molar-refractivity contribution in [3.05, 3.63) is 59.2 Å². The number of halogens is 1. The number of aromatic amines is 1. The van der Waals surface area contributed by atoms with Crippen molar-refractivity contribution in [3.63, 3.8) is 0 Å². The second-order valence-corrected chi connectivity index (χ2v) is 6.45. The Hall–Kier alpha value is -2.04. The molecule has 0 amide bonds. The average Bonchev–Trinajstić information content (AvgIpc) is 3.18. The van der Waals surface area contributed by atoms with E-state index >= 15 is 0 Å². The Bertz CT molecular complexity index is 799. The number of hydrogen-bond donors (Lipinski definition) is 1. The van der Waals surface area contributed by atoms with Gasteiger partial charge in [-0.2, -0.15) is 5.10 Å². The first-order chi connectivity index (χ1) is 11.3. The van der Waals surface area contributed by atoms with Crippen LogP contribution in [0.15, 0.2) is 48.7 Å². The fourth-order valence-corrected chi connectivity index (χ4v) is 3.20. The number of rotatable bonds is 4. The molecule has 1 aliphatic rings. The third-order valence-electron chi connectivity index (χ3n) is 4.26. The van der Waals surface area contributed by atoms with E-state index in [9.17, 15) is 0 Å². The van der Waals surface area contributed by atoms with E-state index in [1.54, 1.807) is 0 Å². The normalized spacial score (nSPS) is 18.6. The van der Waals surface area contributed by atoms with Gasteiger partial charge in [-0.1, -0.05) is 23.7 Å². The number of likely N-dealkylation sites (tertiary alicyclic amines) is 1. The SMILES string of the molecule is Clc1ccc(CN2CCC(Oc3ccc4[nH]ncc4c3)C2)cc1. The van der Waals surface area contributed by atoms with Crippen LogP contribution >= 0.6 is 11.6 Å². The molecular formula is C18H18ClN3O. The molecule has 1 fully saturated rings. The van der Waals surface area contributed by atoms with Gasteiger partial charge in [0.2, 0.25) is 0 Å². The summed E-state index contributed by atoms with van der Waals surface area (Å²) in [4.78, 5) is 2.42. The lowest BCUT2D eigenvalue weighted by Gasteiger charge is -2.17. The van der Waals surface area contributed by atoms with Gasteiger partial charge in [0.25, 0.3) is 0 Å². The molecule has 2 heterocycles. The number of nitrogens with one attached hydrogen (secondary N) is 1. The second kappa shape index (κ2) is 6.22. The molecule has 118 valence electrons. The van der Waals surface area contributed by atoms with Crippen molar-refractivity contribution < 1.29 is 4.74 Å². The highest BCUT2D eigenvalue weighted by Gasteiger charge is 2.24. The number of hydrogen-bond acceptors (Lipinski definition) is 3. The molecular weight excluding hydrogens is 310 g/mol. The topological polar surface area (TPSA) is 41.1 Å². The average molecular weight is 328 g/mol. The number of ether oxygens (including phenoxy) is 1. The van der Waals surface area contributed by atoms with Crippen LogP contribution in [0, 0.1) is 0 Å². The van der Waals surface area contributed by atoms with E-state index in [2.05, 4.69) is 27.2 Å². The molecule has 4 rings (SSSR count). The van der Waals surface area contributed by atoms with Crippen LogP contribution in [0.4, 0.5) is 0 Å². The van der Waals surface area contributed by atoms with Crippen molar-refractivity contribution in [1.82, 2.24) is 15.1 Å². The van der Waals surface area contributed by atoms with Gasteiger partial charge in [-0.3, -0.25) is 10.00 Å². The van der Waals surface area contributed by atoms with Gasteiger partial charge in [0.1, 0.15) is 11.9 Å². The molecule has 0 aliphatic carbocycles. The van der Waals surface area contributed by atoms with Crippen LogP contribution in [0.3, 0.4) is 0 Å². The molecule has 1 N–H and O–H groups in total. The second-order valence-electron chi connectivity index (χ2n) is 6.01. The first kappa shape index (κ1) is 14.5. The van der Waals surface area contributed by atoms with E-state index in [4.69, 9.17) is 16.3 Å². The van der Waals surface area contributed by atoms with E-state index in [1.807, 2.05) is 36.5 Å². The minimum absolute atomic E-state index is 0.242. The minimum atomic E-state index is 0.242. The molecule has 23 heavy (non-hydrogen) atoms. The molecule has 1 unspecified atom stereocenters. The number of benzene rings is 2. The summed E-state index contributed by atoms with van der Waals surface area (Å²) >= 11 is 5.93. The van der Waals surface area contributed by atoms with Crippen LogP contribution in [0.25, 0.3) is 10.9 Å². The van der Waals surface area contributed by atoms with Crippen LogP contribution in [-0.2, 0) is 6.54 Å². The first-order valence-electron chi connectivity index (χ1n) is 7.83. The van der Waals surface area contributed by atoms with Crippen molar-refractivity contribution in [2.45, 2.75) is 19.1 Å². The maximum atomic E-state index is 6.14. The molecule has 0 saturated carbocycles. The predicted octanol–water partition coefficient (Wildman–Crippen LogP) is 3.87.